The van der Waals surface area contributed by atoms with Crippen molar-refractivity contribution in [2.75, 3.05) is 10.8 Å². The Bertz CT molecular complexity index is 1430. The number of para-hydroxylation sites is 1. The highest BCUT2D eigenvalue weighted by Crippen LogP contribution is 2.23. The second-order valence-corrected chi connectivity index (χ2v) is 9.34. The van der Waals surface area contributed by atoms with Gasteiger partial charge < -0.3 is 0 Å². The Kier molecular flexibility index (Phi) is 6.15. The van der Waals surface area contributed by atoms with Crippen LogP contribution in [0.1, 0.15) is 23.7 Å². The standard InChI is InChI=1S/C24H23FN4O3S/c1-3-28(19-10-5-4-6-11-19)33(31,32)20-13-14-23(26-16-20)29-24(30)21(17(2)27-29)15-18-9-7-8-12-22(18)25/h4-14,16,27H,3,15H2,1-2H3. The number of pyridine rings is 1. The van der Waals surface area contributed by atoms with E-state index >= 15 is 0 Å². The van der Waals surface area contributed by atoms with E-state index in [4.69, 9.17) is 0 Å². The second-order valence-electron chi connectivity index (χ2n) is 7.48. The summed E-state index contributed by atoms with van der Waals surface area (Å²) in [5, 5.41) is 2.95. The molecule has 0 atom stereocenters. The van der Waals surface area contributed by atoms with Gasteiger partial charge in [0.1, 0.15) is 10.7 Å². The summed E-state index contributed by atoms with van der Waals surface area (Å²) in [6.45, 7) is 3.74. The maximum atomic E-state index is 14.0. The van der Waals surface area contributed by atoms with Crippen LogP contribution in [0.15, 0.2) is 82.6 Å². The van der Waals surface area contributed by atoms with Crippen molar-refractivity contribution < 1.29 is 12.8 Å². The van der Waals surface area contributed by atoms with Gasteiger partial charge in [-0.2, -0.15) is 0 Å². The molecule has 33 heavy (non-hydrogen) atoms. The Balaban J connectivity index is 1.65. The van der Waals surface area contributed by atoms with E-state index in [2.05, 4.69) is 10.1 Å². The fourth-order valence-electron chi connectivity index (χ4n) is 3.65. The molecule has 7 nitrogen and oxygen atoms in total. The molecule has 4 aromatic rings. The number of hydrogen-bond acceptors (Lipinski definition) is 4. The van der Waals surface area contributed by atoms with E-state index in [0.717, 1.165) is 0 Å². The number of aryl methyl sites for hydroxylation is 1. The molecule has 9 heteroatoms. The number of anilines is 1. The topological polar surface area (TPSA) is 88.1 Å². The predicted octanol–water partition coefficient (Wildman–Crippen LogP) is 3.81. The first kappa shape index (κ1) is 22.5. The van der Waals surface area contributed by atoms with Gasteiger partial charge in [0.05, 0.1) is 5.69 Å². The summed E-state index contributed by atoms with van der Waals surface area (Å²) in [6, 6.07) is 18.0. The van der Waals surface area contributed by atoms with Crippen molar-refractivity contribution in [1.29, 1.82) is 0 Å². The van der Waals surface area contributed by atoms with Crippen molar-refractivity contribution in [3.05, 3.63) is 106 Å². The van der Waals surface area contributed by atoms with Gasteiger partial charge in [0.25, 0.3) is 15.6 Å². The number of halogens is 1. The molecule has 2 aromatic heterocycles. The molecule has 1 N–H and O–H groups in total. The highest BCUT2D eigenvalue weighted by Gasteiger charge is 2.24. The summed E-state index contributed by atoms with van der Waals surface area (Å²) >= 11 is 0. The van der Waals surface area contributed by atoms with Gasteiger partial charge in [-0.1, -0.05) is 36.4 Å². The van der Waals surface area contributed by atoms with Crippen LogP contribution >= 0.6 is 0 Å². The Morgan fingerprint density at radius 2 is 1.73 bits per heavy atom. The third kappa shape index (κ3) is 4.31. The third-order valence-electron chi connectivity index (χ3n) is 5.39. The van der Waals surface area contributed by atoms with Crippen LogP contribution in [-0.4, -0.2) is 29.7 Å². The molecule has 4 rings (SSSR count). The molecule has 0 aliphatic carbocycles. The number of rotatable bonds is 7. The monoisotopic (exact) mass is 466 g/mol. The zero-order valence-electron chi connectivity index (χ0n) is 18.2. The van der Waals surface area contributed by atoms with Gasteiger partial charge in [0, 0.05) is 30.4 Å². The Morgan fingerprint density at radius 1 is 1.03 bits per heavy atom. The van der Waals surface area contributed by atoms with E-state index in [1.165, 1.54) is 33.4 Å². The summed E-state index contributed by atoms with van der Waals surface area (Å²) in [7, 11) is -3.83. The van der Waals surface area contributed by atoms with Crippen molar-refractivity contribution in [3.8, 4) is 5.82 Å². The number of nitrogens with zero attached hydrogens (tertiary/aromatic N) is 3. The average molecular weight is 467 g/mol. The number of benzene rings is 2. The minimum atomic E-state index is -3.83. The smallest absolute Gasteiger partial charge is 0.276 e. The summed E-state index contributed by atoms with van der Waals surface area (Å²) < 4.78 is 42.9. The average Bonchev–Trinajstić information content (AvgIpc) is 3.10. The Morgan fingerprint density at radius 3 is 2.36 bits per heavy atom. The van der Waals surface area contributed by atoms with Gasteiger partial charge in [-0.05, 0) is 49.7 Å². The van der Waals surface area contributed by atoms with Crippen molar-refractivity contribution in [2.24, 2.45) is 0 Å². The van der Waals surface area contributed by atoms with Crippen LogP contribution in [0.5, 0.6) is 0 Å². The molecule has 0 saturated heterocycles. The van der Waals surface area contributed by atoms with E-state index in [-0.39, 0.29) is 35.1 Å². The molecule has 0 aliphatic heterocycles. The minimum Gasteiger partial charge on any atom is -0.294 e. The molecule has 2 aromatic carbocycles. The summed E-state index contributed by atoms with van der Waals surface area (Å²) in [6.07, 6.45) is 1.37. The number of aromatic nitrogens is 3. The number of hydrogen-bond donors (Lipinski definition) is 1. The van der Waals surface area contributed by atoms with Gasteiger partial charge in [-0.25, -0.2) is 22.5 Å². The van der Waals surface area contributed by atoms with Gasteiger partial charge in [-0.15, -0.1) is 0 Å². The molecule has 0 aliphatic rings. The molecular formula is C24H23FN4O3S. The second kappa shape index (κ2) is 9.03. The first-order valence-corrected chi connectivity index (χ1v) is 11.8. The largest absolute Gasteiger partial charge is 0.294 e. The van der Waals surface area contributed by atoms with Crippen LogP contribution in [0.3, 0.4) is 0 Å². The zero-order valence-corrected chi connectivity index (χ0v) is 19.0. The van der Waals surface area contributed by atoms with Crippen LogP contribution in [0.4, 0.5) is 10.1 Å². The first-order valence-electron chi connectivity index (χ1n) is 10.4. The lowest BCUT2D eigenvalue weighted by Gasteiger charge is -2.22. The van der Waals surface area contributed by atoms with Crippen LogP contribution in [0, 0.1) is 12.7 Å². The molecule has 0 fully saturated rings. The maximum Gasteiger partial charge on any atom is 0.276 e. The van der Waals surface area contributed by atoms with Crippen LogP contribution in [0.25, 0.3) is 5.82 Å². The lowest BCUT2D eigenvalue weighted by molar-refractivity contribution is 0.591. The Labute approximate surface area is 191 Å². The number of sulfonamides is 1. The number of H-pyrrole nitrogens is 1. The van der Waals surface area contributed by atoms with Crippen LogP contribution in [-0.2, 0) is 16.4 Å². The van der Waals surface area contributed by atoms with Crippen molar-refractivity contribution >= 4 is 15.7 Å². The van der Waals surface area contributed by atoms with Gasteiger partial charge in [0.2, 0.25) is 0 Å². The fourth-order valence-corrected chi connectivity index (χ4v) is 5.07. The van der Waals surface area contributed by atoms with Gasteiger partial charge >= 0.3 is 0 Å². The highest BCUT2D eigenvalue weighted by atomic mass is 32.2. The number of nitrogens with one attached hydrogen (secondary N) is 1. The first-order chi connectivity index (χ1) is 15.8. The van der Waals surface area contributed by atoms with Gasteiger partial charge in [-0.3, -0.25) is 14.2 Å². The summed E-state index contributed by atoms with van der Waals surface area (Å²) in [4.78, 5) is 17.2. The molecule has 0 bridgehead atoms. The lowest BCUT2D eigenvalue weighted by atomic mass is 10.1. The van der Waals surface area contributed by atoms with Gasteiger partial charge in [0.15, 0.2) is 5.82 Å². The lowest BCUT2D eigenvalue weighted by Crippen LogP contribution is -2.30. The molecule has 0 amide bonds. The molecular weight excluding hydrogens is 443 g/mol. The summed E-state index contributed by atoms with van der Waals surface area (Å²) in [5.41, 5.74) is 1.61. The Hall–Kier alpha value is -3.72. The molecule has 0 unspecified atom stereocenters. The molecule has 2 heterocycles. The zero-order chi connectivity index (χ0) is 23.6. The molecule has 0 saturated carbocycles. The maximum absolute atomic E-state index is 14.0. The predicted molar refractivity (Wildman–Crippen MR) is 125 cm³/mol. The molecule has 0 spiro atoms. The fraction of sp³-hybridized carbons (Fsp3) is 0.167. The SMILES string of the molecule is CCN(c1ccccc1)S(=O)(=O)c1ccc(-n2[nH]c(C)c(Cc3ccccc3F)c2=O)nc1. The summed E-state index contributed by atoms with van der Waals surface area (Å²) in [5.74, 6) is -0.139. The van der Waals surface area contributed by atoms with E-state index in [1.807, 2.05) is 6.07 Å². The number of aromatic amines is 1. The third-order valence-corrected chi connectivity index (χ3v) is 7.27. The van der Waals surface area contributed by atoms with E-state index in [9.17, 15) is 17.6 Å². The van der Waals surface area contributed by atoms with E-state index in [1.54, 1.807) is 56.3 Å². The van der Waals surface area contributed by atoms with E-state index < -0.39 is 10.0 Å². The molecule has 170 valence electrons. The van der Waals surface area contributed by atoms with Crippen molar-refractivity contribution in [3.63, 3.8) is 0 Å². The quantitative estimate of drug-likeness (QED) is 0.449. The minimum absolute atomic E-state index is 0.0138. The van der Waals surface area contributed by atoms with E-state index in [0.29, 0.717) is 22.5 Å². The van der Waals surface area contributed by atoms with Crippen LogP contribution < -0.4 is 9.86 Å². The normalized spacial score (nSPS) is 11.5. The van der Waals surface area contributed by atoms with Crippen LogP contribution in [0.2, 0.25) is 0 Å². The van der Waals surface area contributed by atoms with Crippen molar-refractivity contribution in [2.45, 2.75) is 25.2 Å². The highest BCUT2D eigenvalue weighted by molar-refractivity contribution is 7.92. The van der Waals surface area contributed by atoms with Crippen molar-refractivity contribution in [1.82, 2.24) is 14.8 Å². The molecule has 0 radical (unpaired) electrons.